The zero-order valence-electron chi connectivity index (χ0n) is 20.3. The third kappa shape index (κ3) is 4.02. The van der Waals surface area contributed by atoms with Crippen LogP contribution >= 0.6 is 0 Å². The monoisotopic (exact) mass is 409 g/mol. The van der Waals surface area contributed by atoms with Crippen molar-refractivity contribution in [3.63, 3.8) is 0 Å². The van der Waals surface area contributed by atoms with Crippen molar-refractivity contribution in [2.24, 2.45) is 23.7 Å². The first-order chi connectivity index (χ1) is 13.6. The lowest BCUT2D eigenvalue weighted by atomic mass is 9.72. The Morgan fingerprint density at radius 2 is 1.38 bits per heavy atom. The van der Waals surface area contributed by atoms with Gasteiger partial charge in [0, 0.05) is 5.69 Å². The molecule has 1 N–H and O–H groups in total. The van der Waals surface area contributed by atoms with Crippen LogP contribution in [-0.4, -0.2) is 8.24 Å². The Bertz CT molecular complexity index is 798. The summed E-state index contributed by atoms with van der Waals surface area (Å²) in [5.74, 6) is 2.95. The quantitative estimate of drug-likeness (QED) is 0.467. The Balaban J connectivity index is 1.88. The van der Waals surface area contributed by atoms with Crippen molar-refractivity contribution in [1.29, 1.82) is 0 Å². The molecule has 2 aliphatic rings. The molecule has 29 heavy (non-hydrogen) atoms. The average molecular weight is 410 g/mol. The van der Waals surface area contributed by atoms with Crippen molar-refractivity contribution in [1.82, 2.24) is 0 Å². The van der Waals surface area contributed by atoms with Crippen LogP contribution < -0.4 is 4.98 Å². The Morgan fingerprint density at radius 1 is 0.828 bits per heavy atom. The smallest absolute Gasteiger partial charge is 0.151 e. The van der Waals surface area contributed by atoms with Crippen LogP contribution in [0.25, 0.3) is 0 Å². The van der Waals surface area contributed by atoms with Crippen molar-refractivity contribution in [3.8, 4) is 0 Å². The summed E-state index contributed by atoms with van der Waals surface area (Å²) in [6.07, 6.45) is 3.75. The standard InChI is InChI=1S/C27H43NSi/c1-10-11-12-23-13-15-24(16-14-23)28-29(8,9)27-22(7)21(6)25-19(4)17(2)18(3)20(5)26(25)27/h13-16,21-22,25-28H,10-12H2,1-9H3. The summed E-state index contributed by atoms with van der Waals surface area (Å²) in [7, 11) is -1.70. The predicted molar refractivity (Wildman–Crippen MR) is 132 cm³/mol. The van der Waals surface area contributed by atoms with E-state index in [-0.39, 0.29) is 0 Å². The normalized spacial score (nSPS) is 30.0. The molecule has 2 aliphatic carbocycles. The van der Waals surface area contributed by atoms with Gasteiger partial charge < -0.3 is 4.98 Å². The van der Waals surface area contributed by atoms with Gasteiger partial charge in [0.05, 0.1) is 0 Å². The summed E-state index contributed by atoms with van der Waals surface area (Å²) in [6.45, 7) is 22.0. The maximum absolute atomic E-state index is 4.09. The van der Waals surface area contributed by atoms with Crippen molar-refractivity contribution in [3.05, 3.63) is 52.1 Å². The van der Waals surface area contributed by atoms with Crippen LogP contribution in [0.3, 0.4) is 0 Å². The van der Waals surface area contributed by atoms with Crippen LogP contribution in [0.5, 0.6) is 0 Å². The number of benzene rings is 1. The lowest BCUT2D eigenvalue weighted by molar-refractivity contribution is 0.371. The van der Waals surface area contributed by atoms with Gasteiger partial charge in [0.2, 0.25) is 0 Å². The second-order valence-electron chi connectivity index (χ2n) is 10.6. The van der Waals surface area contributed by atoms with Gasteiger partial charge in [-0.15, -0.1) is 0 Å². The summed E-state index contributed by atoms with van der Waals surface area (Å²) in [5, 5.41) is 0. The molecule has 1 aromatic rings. The highest BCUT2D eigenvalue weighted by molar-refractivity contribution is 6.82. The first-order valence-corrected chi connectivity index (χ1v) is 14.9. The number of rotatable bonds is 6. The molecule has 0 heterocycles. The summed E-state index contributed by atoms with van der Waals surface area (Å²) in [4.78, 5) is 4.09. The summed E-state index contributed by atoms with van der Waals surface area (Å²) >= 11 is 0. The van der Waals surface area contributed by atoms with Crippen molar-refractivity contribution >= 4 is 13.9 Å². The molecule has 0 radical (unpaired) electrons. The molecule has 2 heteroatoms. The van der Waals surface area contributed by atoms with Crippen LogP contribution in [0.1, 0.15) is 66.9 Å². The molecular formula is C27H43NSi. The van der Waals surface area contributed by atoms with Gasteiger partial charge in [0.25, 0.3) is 0 Å². The van der Waals surface area contributed by atoms with Gasteiger partial charge in [-0.2, -0.15) is 0 Å². The first kappa shape index (κ1) is 22.4. The Labute approximate surface area is 181 Å². The summed E-state index contributed by atoms with van der Waals surface area (Å²) in [6, 6.07) is 9.31. The van der Waals surface area contributed by atoms with E-state index < -0.39 is 8.24 Å². The summed E-state index contributed by atoms with van der Waals surface area (Å²) < 4.78 is 0. The molecule has 0 amide bonds. The molecule has 5 atom stereocenters. The minimum atomic E-state index is -1.70. The fourth-order valence-corrected chi connectivity index (χ4v) is 10.6. The SMILES string of the molecule is CCCCc1ccc(N[Si](C)(C)C2C(C)C(C)C3C(C)=C(C)C(C)=C(C)C32)cc1. The highest BCUT2D eigenvalue weighted by atomic mass is 28.3. The van der Waals surface area contributed by atoms with E-state index in [1.807, 2.05) is 0 Å². The second kappa shape index (κ2) is 8.45. The number of unbranched alkanes of at least 4 members (excludes halogenated alkanes) is 1. The van der Waals surface area contributed by atoms with Crippen LogP contribution in [0.4, 0.5) is 5.69 Å². The van der Waals surface area contributed by atoms with Crippen LogP contribution in [0, 0.1) is 23.7 Å². The molecule has 1 nitrogen and oxygen atoms in total. The second-order valence-corrected chi connectivity index (χ2v) is 14.9. The van der Waals surface area contributed by atoms with Gasteiger partial charge in [-0.25, -0.2) is 0 Å². The predicted octanol–water partition coefficient (Wildman–Crippen LogP) is 8.22. The molecule has 0 aromatic heterocycles. The Hall–Kier alpha value is -1.28. The highest BCUT2D eigenvalue weighted by Gasteiger charge is 2.55. The van der Waals surface area contributed by atoms with Crippen molar-refractivity contribution < 1.29 is 0 Å². The van der Waals surface area contributed by atoms with Gasteiger partial charge in [-0.3, -0.25) is 0 Å². The van der Waals surface area contributed by atoms with Gasteiger partial charge >= 0.3 is 0 Å². The zero-order chi connectivity index (χ0) is 21.5. The third-order valence-corrected chi connectivity index (χ3v) is 12.0. The molecule has 0 bridgehead atoms. The number of hydrogen-bond donors (Lipinski definition) is 1. The number of fused-ring (bicyclic) bond motifs is 1. The molecular weight excluding hydrogens is 366 g/mol. The first-order valence-electron chi connectivity index (χ1n) is 11.8. The molecule has 0 saturated heterocycles. The number of allylic oxidation sites excluding steroid dienone is 4. The van der Waals surface area contributed by atoms with Crippen LogP contribution in [0.15, 0.2) is 46.6 Å². The highest BCUT2D eigenvalue weighted by Crippen LogP contribution is 2.61. The van der Waals surface area contributed by atoms with Crippen LogP contribution in [-0.2, 0) is 6.42 Å². The summed E-state index contributed by atoms with van der Waals surface area (Å²) in [5.41, 5.74) is 9.99. The van der Waals surface area contributed by atoms with E-state index in [0.717, 1.165) is 23.3 Å². The number of aryl methyl sites for hydroxylation is 1. The van der Waals surface area contributed by atoms with Gasteiger partial charge in [-0.05, 0) is 98.6 Å². The topological polar surface area (TPSA) is 12.0 Å². The molecule has 0 aliphatic heterocycles. The number of anilines is 1. The van der Waals surface area contributed by atoms with E-state index in [9.17, 15) is 0 Å². The molecule has 5 unspecified atom stereocenters. The number of hydrogen-bond acceptors (Lipinski definition) is 1. The molecule has 1 aromatic carbocycles. The van der Waals surface area contributed by atoms with E-state index in [2.05, 4.69) is 90.8 Å². The Morgan fingerprint density at radius 3 is 1.93 bits per heavy atom. The molecule has 1 saturated carbocycles. The lowest BCUT2D eigenvalue weighted by Crippen LogP contribution is -2.46. The molecule has 0 spiro atoms. The van der Waals surface area contributed by atoms with E-state index in [1.54, 1.807) is 22.3 Å². The fourth-order valence-electron chi connectivity index (χ4n) is 6.52. The maximum atomic E-state index is 4.09. The molecule has 3 rings (SSSR count). The minimum Gasteiger partial charge on any atom is -0.410 e. The fraction of sp³-hybridized carbons (Fsp3) is 0.630. The zero-order valence-corrected chi connectivity index (χ0v) is 21.3. The minimum absolute atomic E-state index is 0.710. The number of nitrogens with one attached hydrogen (secondary N) is 1. The van der Waals surface area contributed by atoms with Gasteiger partial charge in [0.15, 0.2) is 8.24 Å². The largest absolute Gasteiger partial charge is 0.410 e. The average Bonchev–Trinajstić information content (AvgIpc) is 2.96. The molecule has 160 valence electrons. The molecule has 1 fully saturated rings. The van der Waals surface area contributed by atoms with E-state index in [0.29, 0.717) is 5.92 Å². The Kier molecular flexibility index (Phi) is 6.53. The van der Waals surface area contributed by atoms with Crippen LogP contribution in [0.2, 0.25) is 18.6 Å². The maximum Gasteiger partial charge on any atom is 0.151 e. The van der Waals surface area contributed by atoms with Gasteiger partial charge in [-0.1, -0.05) is 63.6 Å². The van der Waals surface area contributed by atoms with Gasteiger partial charge in [0.1, 0.15) is 0 Å². The third-order valence-electron chi connectivity index (χ3n) is 8.55. The lowest BCUT2D eigenvalue weighted by Gasteiger charge is -2.41. The van der Waals surface area contributed by atoms with Crippen molar-refractivity contribution in [2.75, 3.05) is 4.98 Å². The van der Waals surface area contributed by atoms with E-state index >= 15 is 0 Å². The van der Waals surface area contributed by atoms with Crippen molar-refractivity contribution in [2.45, 2.75) is 86.4 Å². The van der Waals surface area contributed by atoms with E-state index in [1.165, 1.54) is 30.5 Å². The van der Waals surface area contributed by atoms with E-state index in [4.69, 9.17) is 0 Å².